The van der Waals surface area contributed by atoms with E-state index in [1.807, 2.05) is 0 Å². The van der Waals surface area contributed by atoms with E-state index in [9.17, 15) is 0 Å². The number of hydrogen-bond acceptors (Lipinski definition) is 4. The zero-order chi connectivity index (χ0) is 16.6. The second-order valence-corrected chi connectivity index (χ2v) is 8.31. The predicted molar refractivity (Wildman–Crippen MR) is 97.6 cm³/mol. The van der Waals surface area contributed by atoms with Crippen molar-refractivity contribution in [3.05, 3.63) is 0 Å². The van der Waals surface area contributed by atoms with Crippen LogP contribution in [0, 0.1) is 0 Å². The van der Waals surface area contributed by atoms with Crippen molar-refractivity contribution in [2.45, 2.75) is 77.4 Å². The van der Waals surface area contributed by atoms with Gasteiger partial charge in [-0.05, 0) is 93.1 Å². The average Bonchev–Trinajstić information content (AvgIpc) is 2.37. The van der Waals surface area contributed by atoms with Crippen molar-refractivity contribution >= 4 is 0 Å². The monoisotopic (exact) mass is 312 g/mol. The van der Waals surface area contributed by atoms with E-state index in [0.717, 1.165) is 26.2 Å². The molecule has 0 unspecified atom stereocenters. The number of nitrogens with one attached hydrogen (secondary N) is 3. The zero-order valence-corrected chi connectivity index (χ0v) is 15.9. The molecular formula is C18H40N4. The minimum atomic E-state index is 0.239. The lowest BCUT2D eigenvalue weighted by Gasteiger charge is -2.46. The zero-order valence-electron chi connectivity index (χ0n) is 15.9. The summed E-state index contributed by atoms with van der Waals surface area (Å²) < 4.78 is 0. The van der Waals surface area contributed by atoms with Crippen molar-refractivity contribution in [3.8, 4) is 0 Å². The molecule has 0 aromatic carbocycles. The van der Waals surface area contributed by atoms with Crippen LogP contribution in [0.25, 0.3) is 0 Å². The van der Waals surface area contributed by atoms with Gasteiger partial charge in [0, 0.05) is 17.1 Å². The summed E-state index contributed by atoms with van der Waals surface area (Å²) in [7, 11) is 2.19. The van der Waals surface area contributed by atoms with E-state index in [4.69, 9.17) is 0 Å². The van der Waals surface area contributed by atoms with Crippen molar-refractivity contribution in [1.29, 1.82) is 0 Å². The van der Waals surface area contributed by atoms with Gasteiger partial charge in [0.05, 0.1) is 0 Å². The first-order chi connectivity index (χ1) is 10.2. The molecule has 132 valence electrons. The van der Waals surface area contributed by atoms with E-state index >= 15 is 0 Å². The Balaban J connectivity index is 2.05. The van der Waals surface area contributed by atoms with Crippen molar-refractivity contribution in [2.75, 3.05) is 39.8 Å². The fraction of sp³-hybridized carbons (Fsp3) is 1.00. The molecule has 0 saturated carbocycles. The van der Waals surface area contributed by atoms with Crippen LogP contribution < -0.4 is 16.0 Å². The molecule has 0 atom stereocenters. The van der Waals surface area contributed by atoms with Gasteiger partial charge in [-0.2, -0.15) is 0 Å². The Morgan fingerprint density at radius 3 is 2.18 bits per heavy atom. The summed E-state index contributed by atoms with van der Waals surface area (Å²) in [6.07, 6.45) is 4.89. The highest BCUT2D eigenvalue weighted by Gasteiger charge is 2.37. The molecule has 1 fully saturated rings. The summed E-state index contributed by atoms with van der Waals surface area (Å²) in [4.78, 5) is 2.36. The first kappa shape index (κ1) is 19.9. The maximum absolute atomic E-state index is 3.76. The van der Waals surface area contributed by atoms with Crippen LogP contribution in [0.4, 0.5) is 0 Å². The second-order valence-electron chi connectivity index (χ2n) is 8.31. The molecule has 3 N–H and O–H groups in total. The molecule has 22 heavy (non-hydrogen) atoms. The Kier molecular flexibility index (Phi) is 8.33. The molecule has 1 saturated heterocycles. The molecule has 1 rings (SSSR count). The summed E-state index contributed by atoms with van der Waals surface area (Å²) in [5.41, 5.74) is 0.478. The number of hydrogen-bond donors (Lipinski definition) is 3. The maximum atomic E-state index is 3.76. The maximum Gasteiger partial charge on any atom is 0.0144 e. The average molecular weight is 313 g/mol. The molecular weight excluding hydrogens is 272 g/mol. The molecule has 0 amide bonds. The van der Waals surface area contributed by atoms with E-state index in [1.165, 1.54) is 32.2 Å². The number of rotatable bonds is 10. The molecule has 1 aliphatic heterocycles. The number of piperidine rings is 1. The summed E-state index contributed by atoms with van der Waals surface area (Å²) in [5, 5.41) is 11.1. The third-order valence-corrected chi connectivity index (χ3v) is 4.59. The first-order valence-corrected chi connectivity index (χ1v) is 9.16. The second kappa shape index (κ2) is 9.21. The quantitative estimate of drug-likeness (QED) is 0.541. The summed E-state index contributed by atoms with van der Waals surface area (Å²) in [5.74, 6) is 0. The van der Waals surface area contributed by atoms with Gasteiger partial charge in [0.2, 0.25) is 0 Å². The summed E-state index contributed by atoms with van der Waals surface area (Å²) >= 11 is 0. The normalized spacial score (nSPS) is 21.4. The number of nitrogens with zero attached hydrogens (tertiary/aromatic N) is 1. The van der Waals surface area contributed by atoms with Crippen LogP contribution in [0.1, 0.15) is 60.3 Å². The van der Waals surface area contributed by atoms with Crippen molar-refractivity contribution in [1.82, 2.24) is 20.9 Å². The van der Waals surface area contributed by atoms with E-state index in [1.54, 1.807) is 0 Å². The molecule has 0 aromatic heterocycles. The molecule has 1 aliphatic rings. The first-order valence-electron chi connectivity index (χ1n) is 9.16. The van der Waals surface area contributed by atoms with Gasteiger partial charge in [-0.1, -0.05) is 6.92 Å². The Bertz CT molecular complexity index is 285. The molecule has 0 aliphatic carbocycles. The molecule has 4 nitrogen and oxygen atoms in total. The van der Waals surface area contributed by atoms with E-state index < -0.39 is 0 Å². The fourth-order valence-corrected chi connectivity index (χ4v) is 3.74. The Morgan fingerprint density at radius 1 is 1.00 bits per heavy atom. The van der Waals surface area contributed by atoms with Gasteiger partial charge in [0.25, 0.3) is 0 Å². The topological polar surface area (TPSA) is 39.3 Å². The van der Waals surface area contributed by atoms with Crippen LogP contribution in [0.5, 0.6) is 0 Å². The van der Waals surface area contributed by atoms with E-state index in [2.05, 4.69) is 62.5 Å². The van der Waals surface area contributed by atoms with Gasteiger partial charge in [-0.15, -0.1) is 0 Å². The highest BCUT2D eigenvalue weighted by atomic mass is 15.1. The standard InChI is InChI=1S/C18H40N4/c1-7-22(6)13-9-11-19-10-8-12-20-16-14-17(2,3)21-18(4,5)15-16/h16,19-21H,7-15H2,1-6H3. The van der Waals surface area contributed by atoms with Crippen LogP contribution >= 0.6 is 0 Å². The van der Waals surface area contributed by atoms with Crippen LogP contribution in [0.2, 0.25) is 0 Å². The highest BCUT2D eigenvalue weighted by Crippen LogP contribution is 2.28. The minimum absolute atomic E-state index is 0.239. The molecule has 4 heteroatoms. The predicted octanol–water partition coefficient (Wildman–Crippen LogP) is 2.21. The summed E-state index contributed by atoms with van der Waals surface area (Å²) in [6.45, 7) is 17.2. The fourth-order valence-electron chi connectivity index (χ4n) is 3.74. The SMILES string of the molecule is CCN(C)CCCNCCCNC1CC(C)(C)NC(C)(C)C1. The summed E-state index contributed by atoms with van der Waals surface area (Å²) in [6, 6.07) is 0.643. The van der Waals surface area contributed by atoms with Gasteiger partial charge in [0.15, 0.2) is 0 Å². The lowest BCUT2D eigenvalue weighted by molar-refractivity contribution is 0.146. The van der Waals surface area contributed by atoms with Gasteiger partial charge in [-0.3, -0.25) is 0 Å². The van der Waals surface area contributed by atoms with Gasteiger partial charge in [-0.25, -0.2) is 0 Å². The van der Waals surface area contributed by atoms with Crippen molar-refractivity contribution < 1.29 is 0 Å². The van der Waals surface area contributed by atoms with Crippen LogP contribution in [-0.4, -0.2) is 61.8 Å². The molecule has 0 spiro atoms. The Labute approximate surface area is 138 Å². The largest absolute Gasteiger partial charge is 0.317 e. The lowest BCUT2D eigenvalue weighted by Crippen LogP contribution is -2.61. The van der Waals surface area contributed by atoms with Gasteiger partial charge in [0.1, 0.15) is 0 Å². The van der Waals surface area contributed by atoms with Gasteiger partial charge < -0.3 is 20.9 Å². The van der Waals surface area contributed by atoms with E-state index in [0.29, 0.717) is 6.04 Å². The Morgan fingerprint density at radius 2 is 1.59 bits per heavy atom. The van der Waals surface area contributed by atoms with Crippen LogP contribution in [0.3, 0.4) is 0 Å². The van der Waals surface area contributed by atoms with Crippen molar-refractivity contribution in [2.24, 2.45) is 0 Å². The van der Waals surface area contributed by atoms with E-state index in [-0.39, 0.29) is 11.1 Å². The molecule has 0 aromatic rings. The van der Waals surface area contributed by atoms with Gasteiger partial charge >= 0.3 is 0 Å². The molecule has 1 heterocycles. The van der Waals surface area contributed by atoms with Crippen molar-refractivity contribution in [3.63, 3.8) is 0 Å². The minimum Gasteiger partial charge on any atom is -0.317 e. The third kappa shape index (κ3) is 8.47. The smallest absolute Gasteiger partial charge is 0.0144 e. The Hall–Kier alpha value is -0.160. The molecule has 0 radical (unpaired) electrons. The van der Waals surface area contributed by atoms with Crippen LogP contribution in [0.15, 0.2) is 0 Å². The third-order valence-electron chi connectivity index (χ3n) is 4.59. The lowest BCUT2D eigenvalue weighted by atomic mass is 9.79. The molecule has 0 bridgehead atoms. The highest BCUT2D eigenvalue weighted by molar-refractivity contribution is 4.99. The van der Waals surface area contributed by atoms with Crippen LogP contribution in [-0.2, 0) is 0 Å².